The van der Waals surface area contributed by atoms with Crippen LogP contribution in [0.25, 0.3) is 0 Å². The van der Waals surface area contributed by atoms with Crippen LogP contribution < -0.4 is 10.1 Å². The highest BCUT2D eigenvalue weighted by atomic mass is 19.4. The summed E-state index contributed by atoms with van der Waals surface area (Å²) in [7, 11) is 1.42. The maximum atomic E-state index is 12.5. The van der Waals surface area contributed by atoms with Crippen LogP contribution in [0.5, 0.6) is 5.75 Å². The van der Waals surface area contributed by atoms with Crippen LogP contribution in [0.3, 0.4) is 0 Å². The molecule has 1 aromatic rings. The number of benzene rings is 1. The molecule has 9 heteroatoms. The third-order valence-electron chi connectivity index (χ3n) is 3.55. The van der Waals surface area contributed by atoms with Gasteiger partial charge in [0.1, 0.15) is 5.75 Å². The van der Waals surface area contributed by atoms with Crippen molar-refractivity contribution in [2.75, 3.05) is 7.05 Å². The molecule has 1 aromatic carbocycles. The minimum Gasteiger partial charge on any atom is -0.405 e. The number of amidine groups is 1. The van der Waals surface area contributed by atoms with E-state index in [-0.39, 0.29) is 23.7 Å². The second-order valence-corrected chi connectivity index (χ2v) is 5.64. The second kappa shape index (κ2) is 7.61. The zero-order valence-corrected chi connectivity index (χ0v) is 14.4. The molecule has 6 nitrogen and oxygen atoms in total. The second-order valence-electron chi connectivity index (χ2n) is 5.64. The van der Waals surface area contributed by atoms with Gasteiger partial charge in [0.05, 0.1) is 5.70 Å². The molecule has 1 aliphatic heterocycles. The van der Waals surface area contributed by atoms with Gasteiger partial charge >= 0.3 is 6.36 Å². The fraction of sp³-hybridized carbons (Fsp3) is 0.294. The summed E-state index contributed by atoms with van der Waals surface area (Å²) >= 11 is 0. The first kappa shape index (κ1) is 19.5. The Morgan fingerprint density at radius 2 is 1.96 bits per heavy atom. The first-order valence-electron chi connectivity index (χ1n) is 7.61. The maximum Gasteiger partial charge on any atom is 0.573 e. The number of nitrogens with zero attached hydrogens (tertiary/aromatic N) is 2. The Bertz CT molecular complexity index is 794. The van der Waals surface area contributed by atoms with Gasteiger partial charge in [-0.15, -0.1) is 13.2 Å². The van der Waals surface area contributed by atoms with Gasteiger partial charge in [-0.3, -0.25) is 15.0 Å². The summed E-state index contributed by atoms with van der Waals surface area (Å²) in [6, 6.07) is 5.70. The Kier molecular flexibility index (Phi) is 5.71. The van der Waals surface area contributed by atoms with Crippen molar-refractivity contribution in [2.45, 2.75) is 26.8 Å². The van der Waals surface area contributed by atoms with Crippen molar-refractivity contribution in [1.29, 1.82) is 0 Å². The number of hydroxylamine groups is 2. The first-order chi connectivity index (χ1) is 12.1. The van der Waals surface area contributed by atoms with Crippen LogP contribution in [-0.2, 0) is 11.3 Å². The SMILES string of the molecule is CN=C1C(=C(C)C)C(NCc2ccccc2OC(F)(F)F)=CC(=O)N1O. The lowest BCUT2D eigenvalue weighted by Crippen LogP contribution is -2.40. The number of alkyl halides is 3. The van der Waals surface area contributed by atoms with Crippen molar-refractivity contribution < 1.29 is 27.9 Å². The van der Waals surface area contributed by atoms with E-state index in [0.717, 1.165) is 11.6 Å². The summed E-state index contributed by atoms with van der Waals surface area (Å²) in [5.41, 5.74) is 1.86. The molecule has 0 aliphatic carbocycles. The van der Waals surface area contributed by atoms with Gasteiger partial charge in [0, 0.05) is 30.8 Å². The zero-order chi connectivity index (χ0) is 19.5. The quantitative estimate of drug-likeness (QED) is 0.800. The lowest BCUT2D eigenvalue weighted by atomic mass is 10.0. The van der Waals surface area contributed by atoms with Crippen molar-refractivity contribution in [3.63, 3.8) is 0 Å². The average molecular weight is 369 g/mol. The topological polar surface area (TPSA) is 74.2 Å². The number of hydrogen-bond acceptors (Lipinski definition) is 5. The van der Waals surface area contributed by atoms with Crippen LogP contribution >= 0.6 is 0 Å². The standard InChI is InChI=1S/C17H18F3N3O3/c1-10(2)15-12(8-14(24)23(25)16(15)21-3)22-9-11-6-4-5-7-13(11)26-17(18,19)20/h4-8,22,25H,9H2,1-3H3. The lowest BCUT2D eigenvalue weighted by molar-refractivity contribution is -0.274. The molecule has 0 aromatic heterocycles. The highest BCUT2D eigenvalue weighted by molar-refractivity contribution is 6.15. The minimum absolute atomic E-state index is 0.0232. The molecule has 2 N–H and O–H groups in total. The number of aliphatic imine (C=N–C) groups is 1. The van der Waals surface area contributed by atoms with E-state index in [1.165, 1.54) is 25.2 Å². The number of halogens is 3. The number of para-hydroxylation sites is 1. The van der Waals surface area contributed by atoms with Crippen molar-refractivity contribution in [1.82, 2.24) is 10.4 Å². The number of allylic oxidation sites excluding steroid dienone is 1. The van der Waals surface area contributed by atoms with E-state index < -0.39 is 12.3 Å². The van der Waals surface area contributed by atoms with Crippen LogP contribution in [0.4, 0.5) is 13.2 Å². The number of carbonyl (C=O) groups excluding carboxylic acids is 1. The third-order valence-corrected chi connectivity index (χ3v) is 3.55. The Hall–Kier alpha value is -2.81. The molecule has 0 bridgehead atoms. The van der Waals surface area contributed by atoms with E-state index in [2.05, 4.69) is 15.0 Å². The van der Waals surface area contributed by atoms with Crippen LogP contribution in [0.15, 0.2) is 52.2 Å². The number of hydrogen-bond donors (Lipinski definition) is 2. The fourth-order valence-corrected chi connectivity index (χ4v) is 2.49. The van der Waals surface area contributed by atoms with Crippen molar-refractivity contribution >= 4 is 11.7 Å². The van der Waals surface area contributed by atoms with E-state index >= 15 is 0 Å². The Labute approximate surface area is 148 Å². The van der Waals surface area contributed by atoms with E-state index in [1.807, 2.05) is 0 Å². The predicted molar refractivity (Wildman–Crippen MR) is 88.4 cm³/mol. The largest absolute Gasteiger partial charge is 0.573 e. The van der Waals surface area contributed by atoms with Gasteiger partial charge in [-0.1, -0.05) is 23.8 Å². The molecule has 0 fully saturated rings. The zero-order valence-electron chi connectivity index (χ0n) is 14.4. The normalized spacial score (nSPS) is 16.7. The Balaban J connectivity index is 2.30. The Morgan fingerprint density at radius 1 is 1.31 bits per heavy atom. The van der Waals surface area contributed by atoms with E-state index in [1.54, 1.807) is 19.9 Å². The summed E-state index contributed by atoms with van der Waals surface area (Å²) in [6.45, 7) is 3.51. The van der Waals surface area contributed by atoms with E-state index in [4.69, 9.17) is 0 Å². The van der Waals surface area contributed by atoms with Crippen LogP contribution in [0.1, 0.15) is 19.4 Å². The molecule has 140 valence electrons. The van der Waals surface area contributed by atoms with Crippen LogP contribution in [-0.4, -0.2) is 35.4 Å². The molecule has 1 amide bonds. The average Bonchev–Trinajstić information content (AvgIpc) is 2.54. The Morgan fingerprint density at radius 3 is 2.54 bits per heavy atom. The molecule has 1 heterocycles. The highest BCUT2D eigenvalue weighted by Gasteiger charge is 2.32. The van der Waals surface area contributed by atoms with Crippen LogP contribution in [0, 0.1) is 0 Å². The number of ether oxygens (including phenoxy) is 1. The van der Waals surface area contributed by atoms with Gasteiger partial charge in [0.25, 0.3) is 5.91 Å². The molecule has 0 unspecified atom stereocenters. The van der Waals surface area contributed by atoms with Gasteiger partial charge in [0.2, 0.25) is 0 Å². The van der Waals surface area contributed by atoms with Crippen molar-refractivity contribution in [3.8, 4) is 5.75 Å². The summed E-state index contributed by atoms with van der Waals surface area (Å²) in [6.07, 6.45) is -3.65. The van der Waals surface area contributed by atoms with Gasteiger partial charge < -0.3 is 10.1 Å². The molecule has 0 atom stereocenters. The molecule has 1 aliphatic rings. The molecule has 0 saturated heterocycles. The molecular weight excluding hydrogens is 351 g/mol. The lowest BCUT2D eigenvalue weighted by Gasteiger charge is -2.27. The number of nitrogens with one attached hydrogen (secondary N) is 1. The molecule has 2 rings (SSSR count). The van der Waals surface area contributed by atoms with Gasteiger partial charge in [0.15, 0.2) is 5.84 Å². The summed E-state index contributed by atoms with van der Waals surface area (Å²) in [5, 5.41) is 13.2. The van der Waals surface area contributed by atoms with Gasteiger partial charge in [-0.05, 0) is 19.9 Å². The van der Waals surface area contributed by atoms with E-state index in [9.17, 15) is 23.2 Å². The molecule has 0 radical (unpaired) electrons. The first-order valence-corrected chi connectivity index (χ1v) is 7.61. The van der Waals surface area contributed by atoms with E-state index in [0.29, 0.717) is 16.3 Å². The monoisotopic (exact) mass is 369 g/mol. The summed E-state index contributed by atoms with van der Waals surface area (Å²) in [4.78, 5) is 15.8. The van der Waals surface area contributed by atoms with Crippen molar-refractivity contribution in [2.24, 2.45) is 4.99 Å². The van der Waals surface area contributed by atoms with Crippen LogP contribution in [0.2, 0.25) is 0 Å². The smallest absolute Gasteiger partial charge is 0.405 e. The number of rotatable bonds is 4. The van der Waals surface area contributed by atoms with Gasteiger partial charge in [-0.2, -0.15) is 5.06 Å². The third kappa shape index (κ3) is 4.42. The maximum absolute atomic E-state index is 12.5. The minimum atomic E-state index is -4.80. The molecule has 26 heavy (non-hydrogen) atoms. The number of carbonyl (C=O) groups is 1. The molecular formula is C17H18F3N3O3. The molecule has 0 saturated carbocycles. The summed E-state index contributed by atoms with van der Waals surface area (Å²) in [5.74, 6) is -0.986. The number of amides is 1. The molecule has 0 spiro atoms. The van der Waals surface area contributed by atoms with Gasteiger partial charge in [-0.25, -0.2) is 0 Å². The summed E-state index contributed by atoms with van der Waals surface area (Å²) < 4.78 is 41.6. The fourth-order valence-electron chi connectivity index (χ4n) is 2.49. The highest BCUT2D eigenvalue weighted by Crippen LogP contribution is 2.27. The predicted octanol–water partition coefficient (Wildman–Crippen LogP) is 3.15. The van der Waals surface area contributed by atoms with Crippen molar-refractivity contribution in [3.05, 3.63) is 52.7 Å².